The number of nitrogens with one attached hydrogen (secondary N) is 2. The second-order valence-electron chi connectivity index (χ2n) is 4.53. The zero-order valence-electron chi connectivity index (χ0n) is 11.5. The van der Waals surface area contributed by atoms with Crippen LogP contribution in [0.5, 0.6) is 0 Å². The summed E-state index contributed by atoms with van der Waals surface area (Å²) in [5, 5.41) is 4.44. The van der Waals surface area contributed by atoms with E-state index in [1.54, 1.807) is 0 Å². The number of anilines is 2. The van der Waals surface area contributed by atoms with Gasteiger partial charge in [-0.3, -0.25) is 0 Å². The quantitative estimate of drug-likeness (QED) is 0.769. The van der Waals surface area contributed by atoms with Gasteiger partial charge in [0, 0.05) is 11.3 Å². The van der Waals surface area contributed by atoms with Crippen molar-refractivity contribution in [1.29, 1.82) is 0 Å². The zero-order valence-corrected chi connectivity index (χ0v) is 11.5. The molecule has 0 bridgehead atoms. The molecule has 0 aromatic heterocycles. The Labute approximate surface area is 124 Å². The van der Waals surface area contributed by atoms with E-state index in [1.807, 2.05) is 0 Å². The van der Waals surface area contributed by atoms with Crippen molar-refractivity contribution in [3.05, 3.63) is 59.4 Å². The van der Waals surface area contributed by atoms with Crippen molar-refractivity contribution in [2.75, 3.05) is 10.6 Å². The van der Waals surface area contributed by atoms with Crippen LogP contribution in [-0.2, 0) is 6.18 Å². The van der Waals surface area contributed by atoms with E-state index >= 15 is 0 Å². The maximum Gasteiger partial charge on any atom is 0.418 e. The molecule has 7 heteroatoms. The third-order valence-electron chi connectivity index (χ3n) is 3.00. The average Bonchev–Trinajstić information content (AvgIpc) is 2.43. The van der Waals surface area contributed by atoms with Crippen LogP contribution < -0.4 is 10.6 Å². The number of urea groups is 1. The number of halogens is 4. The van der Waals surface area contributed by atoms with Crippen molar-refractivity contribution in [3.63, 3.8) is 0 Å². The van der Waals surface area contributed by atoms with Crippen molar-refractivity contribution in [3.8, 4) is 0 Å². The van der Waals surface area contributed by atoms with Crippen molar-refractivity contribution < 1.29 is 22.4 Å². The standard InChI is InChI=1S/C15H12F4N2O/c1-9-11(16)6-4-8-12(9)20-14(22)21-13-7-3-2-5-10(13)15(17,18)19/h2-8H,1H3,(H2,20,21,22). The summed E-state index contributed by atoms with van der Waals surface area (Å²) in [5.74, 6) is -0.520. The number of hydrogen-bond acceptors (Lipinski definition) is 1. The SMILES string of the molecule is Cc1c(F)cccc1NC(=O)Nc1ccccc1C(F)(F)F. The summed E-state index contributed by atoms with van der Waals surface area (Å²) in [6.45, 7) is 1.45. The van der Waals surface area contributed by atoms with E-state index < -0.39 is 23.6 Å². The molecule has 0 aliphatic rings. The summed E-state index contributed by atoms with van der Waals surface area (Å²) >= 11 is 0. The van der Waals surface area contributed by atoms with Crippen LogP contribution >= 0.6 is 0 Å². The van der Waals surface area contributed by atoms with Crippen LogP contribution in [0.4, 0.5) is 33.7 Å². The number of hydrogen-bond donors (Lipinski definition) is 2. The minimum Gasteiger partial charge on any atom is -0.307 e. The molecular weight excluding hydrogens is 300 g/mol. The van der Waals surface area contributed by atoms with Gasteiger partial charge >= 0.3 is 12.2 Å². The molecule has 0 radical (unpaired) electrons. The number of carbonyl (C=O) groups excluding carboxylic acids is 1. The Morgan fingerprint density at radius 3 is 2.23 bits per heavy atom. The Morgan fingerprint density at radius 2 is 1.55 bits per heavy atom. The van der Waals surface area contributed by atoms with Gasteiger partial charge in [-0.1, -0.05) is 18.2 Å². The van der Waals surface area contributed by atoms with E-state index in [1.165, 1.54) is 37.3 Å². The molecule has 0 aliphatic carbocycles. The molecule has 0 saturated carbocycles. The van der Waals surface area contributed by atoms with Gasteiger partial charge in [-0.15, -0.1) is 0 Å². The minimum atomic E-state index is -4.58. The summed E-state index contributed by atoms with van der Waals surface area (Å²) in [6, 6.07) is 7.78. The lowest BCUT2D eigenvalue weighted by atomic mass is 10.1. The van der Waals surface area contributed by atoms with Crippen molar-refractivity contribution in [1.82, 2.24) is 0 Å². The van der Waals surface area contributed by atoms with E-state index in [-0.39, 0.29) is 16.9 Å². The molecule has 0 aliphatic heterocycles. The summed E-state index contributed by atoms with van der Waals surface area (Å²) in [5.41, 5.74) is -0.952. The van der Waals surface area contributed by atoms with Gasteiger partial charge in [0.15, 0.2) is 0 Å². The number of para-hydroxylation sites is 1. The molecule has 2 N–H and O–H groups in total. The van der Waals surface area contributed by atoms with Gasteiger partial charge in [-0.25, -0.2) is 9.18 Å². The first kappa shape index (κ1) is 15.8. The highest BCUT2D eigenvalue weighted by atomic mass is 19.4. The summed E-state index contributed by atoms with van der Waals surface area (Å²) < 4.78 is 51.8. The topological polar surface area (TPSA) is 41.1 Å². The Bertz CT molecular complexity index is 698. The van der Waals surface area contributed by atoms with Crippen molar-refractivity contribution in [2.45, 2.75) is 13.1 Å². The van der Waals surface area contributed by atoms with Crippen molar-refractivity contribution >= 4 is 17.4 Å². The van der Waals surface area contributed by atoms with Gasteiger partial charge < -0.3 is 10.6 Å². The summed E-state index contributed by atoms with van der Waals surface area (Å²) in [4.78, 5) is 11.8. The highest BCUT2D eigenvalue weighted by molar-refractivity contribution is 6.00. The van der Waals surface area contributed by atoms with Crippen LogP contribution in [0.2, 0.25) is 0 Å². The Hall–Kier alpha value is -2.57. The van der Waals surface area contributed by atoms with Crippen molar-refractivity contribution in [2.24, 2.45) is 0 Å². The van der Waals surface area contributed by atoms with Crippen LogP contribution in [0.15, 0.2) is 42.5 Å². The van der Waals surface area contributed by atoms with Crippen LogP contribution in [0.3, 0.4) is 0 Å². The second kappa shape index (κ2) is 6.05. The van der Waals surface area contributed by atoms with E-state index in [2.05, 4.69) is 10.6 Å². The highest BCUT2D eigenvalue weighted by Crippen LogP contribution is 2.34. The van der Waals surface area contributed by atoms with E-state index in [0.717, 1.165) is 12.1 Å². The minimum absolute atomic E-state index is 0.182. The molecule has 2 aromatic carbocycles. The largest absolute Gasteiger partial charge is 0.418 e. The lowest BCUT2D eigenvalue weighted by molar-refractivity contribution is -0.136. The number of amides is 2. The summed E-state index contributed by atoms with van der Waals surface area (Å²) in [6.07, 6.45) is -4.58. The maximum absolute atomic E-state index is 13.4. The Kier molecular flexibility index (Phi) is 4.35. The normalized spacial score (nSPS) is 11.1. The van der Waals surface area contributed by atoms with Gasteiger partial charge in [0.1, 0.15) is 5.82 Å². The van der Waals surface area contributed by atoms with E-state index in [9.17, 15) is 22.4 Å². The third kappa shape index (κ3) is 3.55. The van der Waals surface area contributed by atoms with Gasteiger partial charge in [-0.2, -0.15) is 13.2 Å². The predicted octanol–water partition coefficient (Wildman–Crippen LogP) is 4.80. The number of carbonyl (C=O) groups is 1. The lowest BCUT2D eigenvalue weighted by Crippen LogP contribution is -2.22. The molecule has 0 spiro atoms. The van der Waals surface area contributed by atoms with Crippen LogP contribution in [0, 0.1) is 12.7 Å². The molecule has 0 fully saturated rings. The van der Waals surface area contributed by atoms with E-state index in [4.69, 9.17) is 0 Å². The van der Waals surface area contributed by atoms with Gasteiger partial charge in [0.2, 0.25) is 0 Å². The Morgan fingerprint density at radius 1 is 0.955 bits per heavy atom. The maximum atomic E-state index is 13.4. The molecule has 2 rings (SSSR count). The lowest BCUT2D eigenvalue weighted by Gasteiger charge is -2.14. The van der Waals surface area contributed by atoms with Crippen LogP contribution in [0.1, 0.15) is 11.1 Å². The second-order valence-corrected chi connectivity index (χ2v) is 4.53. The fraction of sp³-hybridized carbons (Fsp3) is 0.133. The predicted molar refractivity (Wildman–Crippen MR) is 75.2 cm³/mol. The number of benzene rings is 2. The monoisotopic (exact) mass is 312 g/mol. The number of rotatable bonds is 2. The molecule has 22 heavy (non-hydrogen) atoms. The molecular formula is C15H12F4N2O. The smallest absolute Gasteiger partial charge is 0.307 e. The summed E-state index contributed by atoms with van der Waals surface area (Å²) in [7, 11) is 0. The van der Waals surface area contributed by atoms with Crippen LogP contribution in [0.25, 0.3) is 0 Å². The third-order valence-corrected chi connectivity index (χ3v) is 3.00. The molecule has 2 aromatic rings. The zero-order chi connectivity index (χ0) is 16.3. The Balaban J connectivity index is 2.18. The van der Waals surface area contributed by atoms with Gasteiger partial charge in [0.05, 0.1) is 11.3 Å². The molecule has 116 valence electrons. The first-order valence-corrected chi connectivity index (χ1v) is 6.28. The first-order valence-electron chi connectivity index (χ1n) is 6.28. The fourth-order valence-electron chi connectivity index (χ4n) is 1.86. The average molecular weight is 312 g/mol. The number of alkyl halides is 3. The molecule has 0 atom stereocenters. The molecule has 3 nitrogen and oxygen atoms in total. The fourth-order valence-corrected chi connectivity index (χ4v) is 1.86. The van der Waals surface area contributed by atoms with E-state index in [0.29, 0.717) is 0 Å². The highest BCUT2D eigenvalue weighted by Gasteiger charge is 2.33. The van der Waals surface area contributed by atoms with Crippen LogP contribution in [-0.4, -0.2) is 6.03 Å². The molecule has 2 amide bonds. The first-order chi connectivity index (χ1) is 10.3. The van der Waals surface area contributed by atoms with Gasteiger partial charge in [0.25, 0.3) is 0 Å². The molecule has 0 heterocycles. The van der Waals surface area contributed by atoms with Gasteiger partial charge in [-0.05, 0) is 31.2 Å². The molecule has 0 unspecified atom stereocenters. The molecule has 0 saturated heterocycles.